The average molecular weight is 258 g/mol. The Labute approximate surface area is 92.2 Å². The van der Waals surface area contributed by atoms with Crippen molar-refractivity contribution in [3.05, 3.63) is 0 Å². The molecule has 0 aliphatic carbocycles. The molecule has 4 N–H and O–H groups in total. The normalized spacial score (nSPS) is 40.9. The van der Waals surface area contributed by atoms with Gasteiger partial charge in [-0.2, -0.15) is 8.42 Å². The summed E-state index contributed by atoms with van der Waals surface area (Å²) >= 11 is 0. The van der Waals surface area contributed by atoms with Gasteiger partial charge in [-0.1, -0.05) is 0 Å². The molecule has 0 amide bonds. The first-order valence-electron chi connectivity index (χ1n) is 4.44. The minimum Gasteiger partial charge on any atom is -0.388 e. The molecule has 96 valence electrons. The number of hydrogen-bond acceptors (Lipinski definition) is 7. The minimum absolute atomic E-state index is 0.891. The van der Waals surface area contributed by atoms with E-state index in [1.165, 1.54) is 7.11 Å². The summed E-state index contributed by atoms with van der Waals surface area (Å²) in [4.78, 5) is 0. The average Bonchev–Trinajstić information content (AvgIpc) is 2.17. The predicted octanol–water partition coefficient (Wildman–Crippen LogP) is -2.67. The first-order chi connectivity index (χ1) is 7.26. The smallest absolute Gasteiger partial charge is 0.267 e. The Morgan fingerprint density at radius 1 is 1.19 bits per heavy atom. The first-order valence-corrected chi connectivity index (χ1v) is 6.05. The second-order valence-corrected chi connectivity index (χ2v) is 5.00. The third-order valence-electron chi connectivity index (χ3n) is 2.28. The summed E-state index contributed by atoms with van der Waals surface area (Å²) in [6, 6.07) is 0. The van der Waals surface area contributed by atoms with Gasteiger partial charge in [-0.3, -0.25) is 4.55 Å². The molecule has 16 heavy (non-hydrogen) atoms. The molecule has 0 aromatic rings. The number of aliphatic hydroxyl groups is 3. The summed E-state index contributed by atoms with van der Waals surface area (Å²) in [5, 5.41) is 28.1. The van der Waals surface area contributed by atoms with E-state index in [1.807, 2.05) is 0 Å². The van der Waals surface area contributed by atoms with Gasteiger partial charge in [-0.25, -0.2) is 0 Å². The van der Waals surface area contributed by atoms with Crippen molar-refractivity contribution < 1.29 is 37.8 Å². The van der Waals surface area contributed by atoms with Gasteiger partial charge in [-0.05, 0) is 0 Å². The second kappa shape index (κ2) is 4.92. The molecular weight excluding hydrogens is 244 g/mol. The van der Waals surface area contributed by atoms with Crippen LogP contribution in [-0.4, -0.2) is 71.9 Å². The number of rotatable bonds is 3. The first kappa shape index (κ1) is 13.8. The van der Waals surface area contributed by atoms with Crippen LogP contribution in [0.1, 0.15) is 0 Å². The van der Waals surface area contributed by atoms with Crippen molar-refractivity contribution in [3.8, 4) is 0 Å². The quantitative estimate of drug-likeness (QED) is 0.403. The van der Waals surface area contributed by atoms with Crippen molar-refractivity contribution in [2.75, 3.05) is 12.9 Å². The zero-order valence-electron chi connectivity index (χ0n) is 8.42. The lowest BCUT2D eigenvalue weighted by Gasteiger charge is -2.39. The van der Waals surface area contributed by atoms with E-state index in [9.17, 15) is 23.7 Å². The Hall–Kier alpha value is -0.290. The third kappa shape index (κ3) is 3.10. The Balaban J connectivity index is 2.79. The highest BCUT2D eigenvalue weighted by atomic mass is 32.2. The molecule has 0 bridgehead atoms. The Bertz CT molecular complexity index is 325. The van der Waals surface area contributed by atoms with E-state index >= 15 is 0 Å². The maximum atomic E-state index is 10.6. The summed E-state index contributed by atoms with van der Waals surface area (Å²) in [6.45, 7) is 0. The maximum Gasteiger partial charge on any atom is 0.267 e. The van der Waals surface area contributed by atoms with E-state index in [-0.39, 0.29) is 0 Å². The van der Waals surface area contributed by atoms with Crippen molar-refractivity contribution in [2.24, 2.45) is 0 Å². The maximum absolute atomic E-state index is 10.6. The summed E-state index contributed by atoms with van der Waals surface area (Å²) in [5.41, 5.74) is 0. The van der Waals surface area contributed by atoms with Crippen molar-refractivity contribution in [2.45, 2.75) is 30.7 Å². The highest BCUT2D eigenvalue weighted by Gasteiger charge is 2.45. The summed E-state index contributed by atoms with van der Waals surface area (Å²) in [7, 11) is -3.18. The van der Waals surface area contributed by atoms with Crippen LogP contribution in [0.15, 0.2) is 0 Å². The third-order valence-corrected chi connectivity index (χ3v) is 3.03. The van der Waals surface area contributed by atoms with Crippen LogP contribution in [-0.2, 0) is 19.6 Å². The van der Waals surface area contributed by atoms with Crippen LogP contribution in [0.3, 0.4) is 0 Å². The SMILES string of the molecule is CO[C@H]1O[C@H](CS(=O)(=O)O)[C@@H](O)[C@H](O)[C@H]1O. The van der Waals surface area contributed by atoms with E-state index in [2.05, 4.69) is 4.74 Å². The fraction of sp³-hybridized carbons (Fsp3) is 1.00. The summed E-state index contributed by atoms with van der Waals surface area (Å²) in [5.74, 6) is -0.891. The standard InChI is InChI=1S/C7H14O8S/c1-14-7-6(10)5(9)4(8)3(15-7)2-16(11,12)13/h3-10H,2H2,1H3,(H,11,12,13)/t3-,4-,5+,6-,7+/m1/s1. The van der Waals surface area contributed by atoms with Gasteiger partial charge in [0.1, 0.15) is 30.2 Å². The number of methoxy groups -OCH3 is 1. The van der Waals surface area contributed by atoms with Crippen LogP contribution in [0.2, 0.25) is 0 Å². The van der Waals surface area contributed by atoms with Crippen LogP contribution in [0.5, 0.6) is 0 Å². The van der Waals surface area contributed by atoms with Crippen molar-refractivity contribution >= 4 is 10.1 Å². The molecule has 9 heteroatoms. The van der Waals surface area contributed by atoms with E-state index in [4.69, 9.17) is 9.29 Å². The van der Waals surface area contributed by atoms with Crippen LogP contribution in [0.4, 0.5) is 0 Å². The van der Waals surface area contributed by atoms with Gasteiger partial charge in [0.15, 0.2) is 6.29 Å². The molecular formula is C7H14O8S. The molecule has 0 saturated carbocycles. The molecule has 1 aliphatic heterocycles. The molecule has 0 aromatic heterocycles. The Kier molecular flexibility index (Phi) is 4.23. The Morgan fingerprint density at radius 2 is 1.75 bits per heavy atom. The molecule has 0 unspecified atom stereocenters. The van der Waals surface area contributed by atoms with E-state index in [1.54, 1.807) is 0 Å². The highest BCUT2D eigenvalue weighted by Crippen LogP contribution is 2.22. The van der Waals surface area contributed by atoms with Crippen molar-refractivity contribution in [1.82, 2.24) is 0 Å². The fourth-order valence-corrected chi connectivity index (χ4v) is 2.15. The zero-order valence-corrected chi connectivity index (χ0v) is 9.24. The van der Waals surface area contributed by atoms with E-state index in [0.29, 0.717) is 0 Å². The van der Waals surface area contributed by atoms with E-state index in [0.717, 1.165) is 0 Å². The molecule has 8 nitrogen and oxygen atoms in total. The lowest BCUT2D eigenvalue weighted by Crippen LogP contribution is -2.59. The van der Waals surface area contributed by atoms with Crippen LogP contribution >= 0.6 is 0 Å². The Morgan fingerprint density at radius 3 is 2.19 bits per heavy atom. The topological polar surface area (TPSA) is 134 Å². The monoisotopic (exact) mass is 258 g/mol. The van der Waals surface area contributed by atoms with Crippen LogP contribution in [0, 0.1) is 0 Å². The molecule has 0 spiro atoms. The minimum atomic E-state index is -4.36. The molecule has 1 rings (SSSR count). The van der Waals surface area contributed by atoms with Gasteiger partial charge in [0.05, 0.1) is 0 Å². The lowest BCUT2D eigenvalue weighted by atomic mass is 10.00. The van der Waals surface area contributed by atoms with Gasteiger partial charge in [0.2, 0.25) is 0 Å². The number of hydrogen-bond donors (Lipinski definition) is 4. The van der Waals surface area contributed by atoms with Gasteiger partial charge in [0.25, 0.3) is 10.1 Å². The van der Waals surface area contributed by atoms with Crippen LogP contribution < -0.4 is 0 Å². The molecule has 5 atom stereocenters. The van der Waals surface area contributed by atoms with Gasteiger partial charge < -0.3 is 24.8 Å². The largest absolute Gasteiger partial charge is 0.388 e. The summed E-state index contributed by atoms with van der Waals surface area (Å²) < 4.78 is 39.3. The van der Waals surface area contributed by atoms with E-state index < -0.39 is 46.6 Å². The van der Waals surface area contributed by atoms with Gasteiger partial charge in [-0.15, -0.1) is 0 Å². The summed E-state index contributed by atoms with van der Waals surface area (Å²) in [6.07, 6.45) is -7.34. The molecule has 1 fully saturated rings. The van der Waals surface area contributed by atoms with Crippen LogP contribution in [0.25, 0.3) is 0 Å². The van der Waals surface area contributed by atoms with Gasteiger partial charge in [0, 0.05) is 7.11 Å². The number of ether oxygens (including phenoxy) is 2. The lowest BCUT2D eigenvalue weighted by molar-refractivity contribution is -0.285. The highest BCUT2D eigenvalue weighted by molar-refractivity contribution is 7.85. The fourth-order valence-electron chi connectivity index (χ4n) is 1.46. The molecule has 1 heterocycles. The molecule has 1 aliphatic rings. The molecule has 1 saturated heterocycles. The zero-order chi connectivity index (χ0) is 12.5. The molecule has 0 aromatic carbocycles. The van der Waals surface area contributed by atoms with Crippen molar-refractivity contribution in [3.63, 3.8) is 0 Å². The number of aliphatic hydroxyl groups excluding tert-OH is 3. The van der Waals surface area contributed by atoms with Gasteiger partial charge >= 0.3 is 0 Å². The van der Waals surface area contributed by atoms with Crippen molar-refractivity contribution in [1.29, 1.82) is 0 Å². The molecule has 0 radical (unpaired) electrons. The second-order valence-electron chi connectivity index (χ2n) is 3.50. The predicted molar refractivity (Wildman–Crippen MR) is 50.1 cm³/mol.